The molecule has 2 N–H and O–H groups in total. The molecular formula is C27H30FN5O2. The molecule has 0 bridgehead atoms. The second kappa shape index (κ2) is 11.7. The maximum Gasteiger partial charge on any atom is 0.272 e. The SMILES string of the molecule is CC1CCCN(Cc2ccc(CNC(=O)c3nccnc3C(=O)NCc3ccc(F)cc3)cc2)C1. The second-order valence-electron chi connectivity index (χ2n) is 9.04. The summed E-state index contributed by atoms with van der Waals surface area (Å²) in [7, 11) is 0. The van der Waals surface area contributed by atoms with Gasteiger partial charge < -0.3 is 10.6 Å². The average molecular weight is 476 g/mol. The molecule has 1 aliphatic rings. The highest BCUT2D eigenvalue weighted by atomic mass is 19.1. The molecule has 2 amide bonds. The van der Waals surface area contributed by atoms with Gasteiger partial charge >= 0.3 is 0 Å². The number of carbonyl (C=O) groups excluding carboxylic acids is 2. The van der Waals surface area contributed by atoms with Gasteiger partial charge in [0, 0.05) is 38.6 Å². The normalized spacial score (nSPS) is 16.0. The molecular weight excluding hydrogens is 445 g/mol. The first-order valence-electron chi connectivity index (χ1n) is 11.9. The molecule has 8 heteroatoms. The van der Waals surface area contributed by atoms with E-state index >= 15 is 0 Å². The van der Waals surface area contributed by atoms with Crippen molar-refractivity contribution >= 4 is 11.8 Å². The number of hydrogen-bond donors (Lipinski definition) is 2. The number of nitrogens with one attached hydrogen (secondary N) is 2. The van der Waals surface area contributed by atoms with Crippen LogP contribution in [-0.4, -0.2) is 39.8 Å². The molecule has 1 unspecified atom stereocenters. The van der Waals surface area contributed by atoms with Crippen LogP contribution in [0.4, 0.5) is 4.39 Å². The Labute approximate surface area is 204 Å². The van der Waals surface area contributed by atoms with Crippen LogP contribution in [0.1, 0.15) is 57.4 Å². The van der Waals surface area contributed by atoms with E-state index in [0.717, 1.165) is 36.7 Å². The Kier molecular flexibility index (Phi) is 8.15. The molecule has 0 radical (unpaired) electrons. The van der Waals surface area contributed by atoms with E-state index in [0.29, 0.717) is 6.54 Å². The number of halogens is 1. The van der Waals surface area contributed by atoms with Gasteiger partial charge in [-0.25, -0.2) is 14.4 Å². The van der Waals surface area contributed by atoms with E-state index in [1.54, 1.807) is 12.1 Å². The number of piperidine rings is 1. The Bertz CT molecular complexity index is 1150. The summed E-state index contributed by atoms with van der Waals surface area (Å²) in [4.78, 5) is 36.0. The lowest BCUT2D eigenvalue weighted by molar-refractivity contribution is 0.0908. The van der Waals surface area contributed by atoms with Crippen molar-refractivity contribution in [1.29, 1.82) is 0 Å². The Balaban J connectivity index is 1.32. The van der Waals surface area contributed by atoms with Gasteiger partial charge in [-0.1, -0.05) is 43.3 Å². The Morgan fingerprint density at radius 2 is 1.40 bits per heavy atom. The second-order valence-corrected chi connectivity index (χ2v) is 9.04. The molecule has 3 aromatic rings. The van der Waals surface area contributed by atoms with Crippen molar-refractivity contribution in [3.63, 3.8) is 0 Å². The summed E-state index contributed by atoms with van der Waals surface area (Å²) in [5.74, 6) is -0.603. The molecule has 7 nitrogen and oxygen atoms in total. The van der Waals surface area contributed by atoms with Crippen LogP contribution >= 0.6 is 0 Å². The number of benzene rings is 2. The summed E-state index contributed by atoms with van der Waals surface area (Å²) >= 11 is 0. The molecule has 35 heavy (non-hydrogen) atoms. The van der Waals surface area contributed by atoms with Crippen LogP contribution in [0, 0.1) is 11.7 Å². The fourth-order valence-electron chi connectivity index (χ4n) is 4.26. The van der Waals surface area contributed by atoms with Crippen molar-refractivity contribution < 1.29 is 14.0 Å². The molecule has 0 spiro atoms. The van der Waals surface area contributed by atoms with Crippen LogP contribution in [-0.2, 0) is 19.6 Å². The smallest absolute Gasteiger partial charge is 0.272 e. The van der Waals surface area contributed by atoms with Crippen LogP contribution in [0.5, 0.6) is 0 Å². The minimum Gasteiger partial charge on any atom is -0.347 e. The monoisotopic (exact) mass is 475 g/mol. The molecule has 1 fully saturated rings. The van der Waals surface area contributed by atoms with Crippen LogP contribution in [0.2, 0.25) is 0 Å². The summed E-state index contributed by atoms with van der Waals surface area (Å²) in [5.41, 5.74) is 2.84. The van der Waals surface area contributed by atoms with Crippen LogP contribution in [0.3, 0.4) is 0 Å². The van der Waals surface area contributed by atoms with E-state index in [2.05, 4.69) is 44.6 Å². The van der Waals surface area contributed by atoms with Gasteiger partial charge in [0.15, 0.2) is 11.4 Å². The topological polar surface area (TPSA) is 87.2 Å². The van der Waals surface area contributed by atoms with Crippen LogP contribution < -0.4 is 10.6 Å². The number of amides is 2. The zero-order chi connectivity index (χ0) is 24.6. The molecule has 1 atom stereocenters. The van der Waals surface area contributed by atoms with Gasteiger partial charge in [-0.3, -0.25) is 14.5 Å². The molecule has 1 aliphatic heterocycles. The fourth-order valence-corrected chi connectivity index (χ4v) is 4.26. The van der Waals surface area contributed by atoms with Crippen molar-refractivity contribution in [2.24, 2.45) is 5.92 Å². The van der Waals surface area contributed by atoms with Gasteiger partial charge in [-0.15, -0.1) is 0 Å². The lowest BCUT2D eigenvalue weighted by Crippen LogP contribution is -2.33. The van der Waals surface area contributed by atoms with E-state index < -0.39 is 11.8 Å². The number of rotatable bonds is 8. The zero-order valence-electron chi connectivity index (χ0n) is 19.8. The molecule has 2 heterocycles. The summed E-state index contributed by atoms with van der Waals surface area (Å²) < 4.78 is 13.1. The first-order chi connectivity index (χ1) is 17.0. The maximum atomic E-state index is 13.1. The predicted octanol–water partition coefficient (Wildman–Crippen LogP) is 3.71. The van der Waals surface area contributed by atoms with Crippen molar-refractivity contribution in [2.45, 2.75) is 39.4 Å². The molecule has 2 aromatic carbocycles. The minimum absolute atomic E-state index is 0.0417. The number of aromatic nitrogens is 2. The summed E-state index contributed by atoms with van der Waals surface area (Å²) in [6.45, 7) is 6.00. The van der Waals surface area contributed by atoms with Gasteiger partial charge in [0.25, 0.3) is 11.8 Å². The minimum atomic E-state index is -0.524. The van der Waals surface area contributed by atoms with Crippen molar-refractivity contribution in [2.75, 3.05) is 13.1 Å². The van der Waals surface area contributed by atoms with Crippen LogP contribution in [0.25, 0.3) is 0 Å². The highest BCUT2D eigenvalue weighted by Crippen LogP contribution is 2.18. The van der Waals surface area contributed by atoms with Crippen LogP contribution in [0.15, 0.2) is 60.9 Å². The molecule has 182 valence electrons. The van der Waals surface area contributed by atoms with Gasteiger partial charge in [0.05, 0.1) is 0 Å². The van der Waals surface area contributed by atoms with Gasteiger partial charge in [0.2, 0.25) is 0 Å². The molecule has 1 saturated heterocycles. The van der Waals surface area contributed by atoms with E-state index in [1.165, 1.54) is 42.9 Å². The summed E-state index contributed by atoms with van der Waals surface area (Å²) in [5, 5.41) is 5.52. The van der Waals surface area contributed by atoms with Crippen molar-refractivity contribution in [3.05, 3.63) is 94.8 Å². The van der Waals surface area contributed by atoms with Gasteiger partial charge in [-0.05, 0) is 54.1 Å². The number of carbonyl (C=O) groups is 2. The summed E-state index contributed by atoms with van der Waals surface area (Å²) in [6, 6.07) is 14.0. The maximum absolute atomic E-state index is 13.1. The lowest BCUT2D eigenvalue weighted by atomic mass is 9.99. The zero-order valence-corrected chi connectivity index (χ0v) is 19.8. The number of nitrogens with zero attached hydrogens (tertiary/aromatic N) is 3. The Morgan fingerprint density at radius 3 is 1.94 bits per heavy atom. The average Bonchev–Trinajstić information content (AvgIpc) is 2.87. The third kappa shape index (κ3) is 6.93. The molecule has 4 rings (SSSR count). The largest absolute Gasteiger partial charge is 0.347 e. The van der Waals surface area contributed by atoms with Gasteiger partial charge in [0.1, 0.15) is 5.82 Å². The molecule has 1 aromatic heterocycles. The third-order valence-corrected chi connectivity index (χ3v) is 6.12. The highest BCUT2D eigenvalue weighted by Gasteiger charge is 2.20. The highest BCUT2D eigenvalue weighted by molar-refractivity contribution is 6.04. The Hall–Kier alpha value is -3.65. The van der Waals surface area contributed by atoms with Crippen molar-refractivity contribution in [3.8, 4) is 0 Å². The van der Waals surface area contributed by atoms with E-state index in [-0.39, 0.29) is 23.7 Å². The first-order valence-corrected chi connectivity index (χ1v) is 11.9. The summed E-state index contributed by atoms with van der Waals surface area (Å²) in [6.07, 6.45) is 5.30. The van der Waals surface area contributed by atoms with E-state index in [4.69, 9.17) is 0 Å². The predicted molar refractivity (Wildman–Crippen MR) is 131 cm³/mol. The number of likely N-dealkylation sites (tertiary alicyclic amines) is 1. The van der Waals surface area contributed by atoms with Crippen molar-refractivity contribution in [1.82, 2.24) is 25.5 Å². The lowest BCUT2D eigenvalue weighted by Gasteiger charge is -2.30. The molecule has 0 aliphatic carbocycles. The third-order valence-electron chi connectivity index (χ3n) is 6.12. The molecule has 0 saturated carbocycles. The standard InChI is InChI=1S/C27H30FN5O2/c1-19-3-2-14-33(17-19)18-22-6-4-20(5-7-22)15-31-26(34)24-25(30-13-12-29-24)27(35)32-16-21-8-10-23(28)11-9-21/h4-13,19H,2-3,14-18H2,1H3,(H,31,34)(H,32,35). The quantitative estimate of drug-likeness (QED) is 0.519. The number of hydrogen-bond acceptors (Lipinski definition) is 5. The fraction of sp³-hybridized carbons (Fsp3) is 0.333. The van der Waals surface area contributed by atoms with Gasteiger partial charge in [-0.2, -0.15) is 0 Å². The first kappa shape index (κ1) is 24.5. The van der Waals surface area contributed by atoms with E-state index in [9.17, 15) is 14.0 Å². The van der Waals surface area contributed by atoms with E-state index in [1.807, 2.05) is 12.1 Å². The Morgan fingerprint density at radius 1 is 0.886 bits per heavy atom.